The summed E-state index contributed by atoms with van der Waals surface area (Å²) in [5, 5.41) is 12.6. The fraction of sp³-hybridized carbons (Fsp3) is 0.652. The number of rotatable bonds is 2. The number of amides is 1. The van der Waals surface area contributed by atoms with E-state index in [0.29, 0.717) is 6.42 Å². The Morgan fingerprint density at radius 1 is 1.07 bits per heavy atom. The molecule has 0 aliphatic carbocycles. The molecule has 1 amide bonds. The van der Waals surface area contributed by atoms with Gasteiger partial charge in [-0.2, -0.15) is 5.26 Å². The van der Waals surface area contributed by atoms with Gasteiger partial charge in [0.05, 0.1) is 11.8 Å². The van der Waals surface area contributed by atoms with Crippen molar-refractivity contribution < 1.29 is 4.79 Å². The number of nitrogens with zero attached hydrogens (tertiary/aromatic N) is 3. The molecular weight excluding hydrogens is 348 g/mol. The number of aliphatic imine (C=N–C) groups is 2. The van der Waals surface area contributed by atoms with E-state index in [4.69, 9.17) is 9.98 Å². The second-order valence-corrected chi connectivity index (χ2v) is 10.6. The van der Waals surface area contributed by atoms with Gasteiger partial charge in [-0.05, 0) is 31.9 Å². The van der Waals surface area contributed by atoms with Gasteiger partial charge >= 0.3 is 0 Å². The van der Waals surface area contributed by atoms with Gasteiger partial charge in [0.25, 0.3) is 0 Å². The summed E-state index contributed by atoms with van der Waals surface area (Å²) in [5.41, 5.74) is 3.85. The molecule has 0 aromatic rings. The van der Waals surface area contributed by atoms with Gasteiger partial charge < -0.3 is 5.32 Å². The zero-order chi connectivity index (χ0) is 21.1. The van der Waals surface area contributed by atoms with E-state index in [-0.39, 0.29) is 22.2 Å². The Hall–Kier alpha value is -2.22. The molecule has 3 aliphatic rings. The lowest BCUT2D eigenvalue weighted by Crippen LogP contribution is -2.34. The van der Waals surface area contributed by atoms with Gasteiger partial charge in [-0.3, -0.25) is 14.8 Å². The summed E-state index contributed by atoms with van der Waals surface area (Å²) in [6.07, 6.45) is 4.15. The molecule has 5 nitrogen and oxygen atoms in total. The average molecular weight is 381 g/mol. The third kappa shape index (κ3) is 3.23. The normalized spacial score (nSPS) is 33.4. The van der Waals surface area contributed by atoms with Crippen LogP contribution < -0.4 is 5.32 Å². The molecule has 3 aliphatic heterocycles. The van der Waals surface area contributed by atoms with Crippen LogP contribution in [0.5, 0.6) is 0 Å². The van der Waals surface area contributed by atoms with E-state index in [2.05, 4.69) is 59.9 Å². The molecule has 0 spiro atoms. The monoisotopic (exact) mass is 380 g/mol. The van der Waals surface area contributed by atoms with Crippen molar-refractivity contribution in [2.24, 2.45) is 26.2 Å². The fourth-order valence-electron chi connectivity index (χ4n) is 4.38. The first kappa shape index (κ1) is 20.5. The van der Waals surface area contributed by atoms with Crippen LogP contribution in [0.25, 0.3) is 0 Å². The van der Waals surface area contributed by atoms with Crippen molar-refractivity contribution in [3.8, 4) is 6.07 Å². The van der Waals surface area contributed by atoms with E-state index in [1.54, 1.807) is 0 Å². The number of hydrogen-bond acceptors (Lipinski definition) is 4. The third-order valence-electron chi connectivity index (χ3n) is 6.73. The summed E-state index contributed by atoms with van der Waals surface area (Å²) in [5.74, 6) is 0.0689. The van der Waals surface area contributed by atoms with Crippen LogP contribution in [-0.4, -0.2) is 22.9 Å². The molecule has 0 saturated carbocycles. The van der Waals surface area contributed by atoms with E-state index in [0.717, 1.165) is 41.2 Å². The summed E-state index contributed by atoms with van der Waals surface area (Å²) in [6, 6.07) is 2.40. The topological polar surface area (TPSA) is 77.6 Å². The van der Waals surface area contributed by atoms with Crippen LogP contribution >= 0.6 is 0 Å². The minimum absolute atomic E-state index is 0.0689. The minimum Gasteiger partial charge on any atom is -0.329 e. The molecule has 1 atom stereocenters. The van der Waals surface area contributed by atoms with Crippen LogP contribution in [0.1, 0.15) is 74.7 Å². The van der Waals surface area contributed by atoms with Crippen molar-refractivity contribution in [1.29, 1.82) is 5.26 Å². The van der Waals surface area contributed by atoms with Crippen molar-refractivity contribution in [3.05, 3.63) is 23.0 Å². The Morgan fingerprint density at radius 3 is 2.21 bits per heavy atom. The first-order valence-corrected chi connectivity index (χ1v) is 10.0. The minimum atomic E-state index is -0.709. The lowest BCUT2D eigenvalue weighted by molar-refractivity contribution is -0.119. The standard InChI is InChI=1S/C23H32N4O/c1-14(16-11-22(6,7)23(8,13-24)27-16)19-21(4,5)10-15(25-19)9-17-20(2,3)12-18(28)26-17/h9H,10-12H2,1-8H3,(H,26,28)/b17-9-,19-14-. The molecule has 1 fully saturated rings. The molecule has 0 bridgehead atoms. The lowest BCUT2D eigenvalue weighted by atomic mass is 9.73. The quantitative estimate of drug-likeness (QED) is 0.753. The van der Waals surface area contributed by atoms with Gasteiger partial charge in [0.15, 0.2) is 0 Å². The Balaban J connectivity index is 2.01. The van der Waals surface area contributed by atoms with Crippen LogP contribution in [0.15, 0.2) is 33.0 Å². The third-order valence-corrected chi connectivity index (χ3v) is 6.73. The summed E-state index contributed by atoms with van der Waals surface area (Å²) < 4.78 is 0. The van der Waals surface area contributed by atoms with Gasteiger partial charge in [-0.25, -0.2) is 0 Å². The van der Waals surface area contributed by atoms with Gasteiger partial charge in [-0.15, -0.1) is 0 Å². The van der Waals surface area contributed by atoms with Crippen LogP contribution in [0.4, 0.5) is 0 Å². The largest absolute Gasteiger partial charge is 0.329 e. The highest BCUT2D eigenvalue weighted by atomic mass is 16.2. The fourth-order valence-corrected chi connectivity index (χ4v) is 4.38. The molecule has 3 heterocycles. The maximum atomic E-state index is 11.8. The maximum absolute atomic E-state index is 11.8. The highest BCUT2D eigenvalue weighted by Gasteiger charge is 2.48. The number of nitrogens with one attached hydrogen (secondary N) is 1. The number of carbonyl (C=O) groups excluding carboxylic acids is 1. The predicted octanol–water partition coefficient (Wildman–Crippen LogP) is 4.71. The average Bonchev–Trinajstić information content (AvgIpc) is 3.08. The second-order valence-electron chi connectivity index (χ2n) is 10.6. The maximum Gasteiger partial charge on any atom is 0.225 e. The van der Waals surface area contributed by atoms with Gasteiger partial charge in [0, 0.05) is 46.2 Å². The van der Waals surface area contributed by atoms with Crippen molar-refractivity contribution in [1.82, 2.24) is 5.32 Å². The second kappa shape index (κ2) is 6.14. The molecule has 1 unspecified atom stereocenters. The summed E-state index contributed by atoms with van der Waals surface area (Å²) in [6.45, 7) is 16.8. The van der Waals surface area contributed by atoms with E-state index in [1.165, 1.54) is 0 Å². The van der Waals surface area contributed by atoms with Crippen LogP contribution in [0.2, 0.25) is 0 Å². The molecule has 0 radical (unpaired) electrons. The number of hydrogen-bond donors (Lipinski definition) is 1. The summed E-state index contributed by atoms with van der Waals surface area (Å²) in [4.78, 5) is 21.6. The van der Waals surface area contributed by atoms with Crippen molar-refractivity contribution in [3.63, 3.8) is 0 Å². The molecular formula is C23H32N4O. The highest BCUT2D eigenvalue weighted by molar-refractivity contribution is 6.05. The van der Waals surface area contributed by atoms with Gasteiger partial charge in [0.1, 0.15) is 5.54 Å². The summed E-state index contributed by atoms with van der Waals surface area (Å²) >= 11 is 0. The van der Waals surface area contributed by atoms with E-state index in [1.807, 2.05) is 13.0 Å². The Labute approximate surface area is 168 Å². The Kier molecular flexibility index (Phi) is 4.50. The van der Waals surface area contributed by atoms with E-state index < -0.39 is 5.54 Å². The lowest BCUT2D eigenvalue weighted by Gasteiger charge is -2.29. The predicted molar refractivity (Wildman–Crippen MR) is 113 cm³/mol. The Morgan fingerprint density at radius 2 is 1.71 bits per heavy atom. The number of allylic oxidation sites excluding steroid dienone is 4. The van der Waals surface area contributed by atoms with Gasteiger partial charge in [0.2, 0.25) is 5.91 Å². The number of carbonyl (C=O) groups is 1. The van der Waals surface area contributed by atoms with Gasteiger partial charge in [-0.1, -0.05) is 41.5 Å². The first-order valence-electron chi connectivity index (χ1n) is 10.0. The molecule has 0 aromatic carbocycles. The smallest absolute Gasteiger partial charge is 0.225 e. The molecule has 5 heteroatoms. The molecule has 28 heavy (non-hydrogen) atoms. The molecule has 1 saturated heterocycles. The van der Waals surface area contributed by atoms with E-state index >= 15 is 0 Å². The summed E-state index contributed by atoms with van der Waals surface area (Å²) in [7, 11) is 0. The molecule has 150 valence electrons. The molecule has 0 aromatic heterocycles. The van der Waals surface area contributed by atoms with Crippen LogP contribution in [0, 0.1) is 27.6 Å². The van der Waals surface area contributed by atoms with Crippen molar-refractivity contribution in [2.45, 2.75) is 80.2 Å². The van der Waals surface area contributed by atoms with Crippen molar-refractivity contribution >= 4 is 17.3 Å². The molecule has 3 rings (SSSR count). The van der Waals surface area contributed by atoms with Crippen LogP contribution in [0.3, 0.4) is 0 Å². The first-order chi connectivity index (χ1) is 12.7. The highest BCUT2D eigenvalue weighted by Crippen LogP contribution is 2.47. The SMILES string of the molecule is C/C(C1=NC(C)(C#N)C(C)(C)C1)=C1N=C(/C=C2\NC(=O)CC2(C)C)CC/1(C)C. The van der Waals surface area contributed by atoms with E-state index in [9.17, 15) is 10.1 Å². The Bertz CT molecular complexity index is 905. The van der Waals surface area contributed by atoms with Crippen molar-refractivity contribution in [2.75, 3.05) is 0 Å². The zero-order valence-corrected chi connectivity index (χ0v) is 18.4. The number of nitriles is 1. The van der Waals surface area contributed by atoms with Crippen LogP contribution in [-0.2, 0) is 4.79 Å². The molecule has 1 N–H and O–H groups in total. The zero-order valence-electron chi connectivity index (χ0n) is 18.4.